The molecule has 0 rings (SSSR count). The molecule has 0 aromatic carbocycles. The lowest BCUT2D eigenvalue weighted by Gasteiger charge is -2.26. The molecule has 0 fully saturated rings. The van der Waals surface area contributed by atoms with Gasteiger partial charge in [0.05, 0.1) is 0 Å². The number of nitrogens with two attached hydrogens (primary N) is 1. The summed E-state index contributed by atoms with van der Waals surface area (Å²) in [4.78, 5) is 16.7. The van der Waals surface area contributed by atoms with Gasteiger partial charge in [-0.15, -0.1) is 0 Å². The lowest BCUT2D eigenvalue weighted by molar-refractivity contribution is 0.0579. The number of rotatable bonds is 2. The average molecular weight is 183 g/mol. The summed E-state index contributed by atoms with van der Waals surface area (Å²) in [5.74, 6) is 0. The molecule has 4 N–H and O–H groups in total. The Hall–Kier alpha value is 0.0700. The molecule has 0 aliphatic rings. The molecule has 0 heterocycles. The topological polar surface area (TPSA) is 92.8 Å². The summed E-state index contributed by atoms with van der Waals surface area (Å²) < 4.78 is 14.5. The van der Waals surface area contributed by atoms with Crippen molar-refractivity contribution in [3.8, 4) is 0 Å². The first-order valence-electron chi connectivity index (χ1n) is 3.12. The summed E-state index contributed by atoms with van der Waals surface area (Å²) in [5, 5.41) is 0. The van der Waals surface area contributed by atoms with Crippen molar-refractivity contribution in [3.05, 3.63) is 0 Å². The number of phosphoric ester groups is 1. The first-order chi connectivity index (χ1) is 4.63. The molecule has 5 nitrogen and oxygen atoms in total. The molecule has 0 radical (unpaired) electrons. The van der Waals surface area contributed by atoms with Crippen molar-refractivity contribution in [2.24, 2.45) is 11.1 Å². The van der Waals surface area contributed by atoms with Crippen LogP contribution in [0.2, 0.25) is 0 Å². The molecule has 0 amide bonds. The van der Waals surface area contributed by atoms with E-state index in [1.807, 2.05) is 0 Å². The van der Waals surface area contributed by atoms with E-state index in [0.717, 1.165) is 0 Å². The maximum Gasteiger partial charge on any atom is 0.471 e. The zero-order valence-corrected chi connectivity index (χ0v) is 7.71. The molecule has 0 spiro atoms. The zero-order chi connectivity index (χ0) is 9.28. The van der Waals surface area contributed by atoms with E-state index >= 15 is 0 Å². The molecule has 0 aliphatic heterocycles. The van der Waals surface area contributed by atoms with Crippen LogP contribution >= 0.6 is 7.82 Å². The predicted octanol–water partition coefficient (Wildman–Crippen LogP) is 0.427. The zero-order valence-electron chi connectivity index (χ0n) is 6.81. The minimum absolute atomic E-state index is 0.471. The maximum atomic E-state index is 10.3. The van der Waals surface area contributed by atoms with Crippen LogP contribution in [0.1, 0.15) is 20.8 Å². The van der Waals surface area contributed by atoms with Crippen LogP contribution in [0.5, 0.6) is 0 Å². The molecule has 0 saturated carbocycles. The van der Waals surface area contributed by atoms with Gasteiger partial charge >= 0.3 is 7.82 Å². The van der Waals surface area contributed by atoms with E-state index in [2.05, 4.69) is 4.52 Å². The highest BCUT2D eigenvalue weighted by molar-refractivity contribution is 7.46. The Bertz CT molecular complexity index is 170. The summed E-state index contributed by atoms with van der Waals surface area (Å²) >= 11 is 0. The third kappa shape index (κ3) is 5.35. The first-order valence-corrected chi connectivity index (χ1v) is 4.65. The molecule has 0 saturated heterocycles. The Morgan fingerprint density at radius 1 is 1.45 bits per heavy atom. The third-order valence-electron chi connectivity index (χ3n) is 1.10. The quantitative estimate of drug-likeness (QED) is 0.426. The van der Waals surface area contributed by atoms with Gasteiger partial charge < -0.3 is 15.5 Å². The van der Waals surface area contributed by atoms with E-state index in [-0.39, 0.29) is 0 Å². The van der Waals surface area contributed by atoms with Gasteiger partial charge in [-0.05, 0) is 0 Å². The van der Waals surface area contributed by atoms with Crippen molar-refractivity contribution >= 4 is 7.82 Å². The summed E-state index contributed by atoms with van der Waals surface area (Å²) in [5.41, 5.74) is 4.85. The second kappa shape index (κ2) is 3.21. The van der Waals surface area contributed by atoms with Crippen molar-refractivity contribution in [2.75, 3.05) is 0 Å². The van der Waals surface area contributed by atoms with Crippen molar-refractivity contribution in [2.45, 2.75) is 27.0 Å². The SMILES string of the molecule is CC(C)(C)C(N)OP(=O)(O)O. The van der Waals surface area contributed by atoms with Crippen molar-refractivity contribution in [1.82, 2.24) is 0 Å². The summed E-state index contributed by atoms with van der Waals surface area (Å²) in [7, 11) is -4.44. The van der Waals surface area contributed by atoms with Crippen molar-refractivity contribution < 1.29 is 18.9 Å². The molecule has 0 aliphatic carbocycles. The molecule has 0 bridgehead atoms. The molecule has 11 heavy (non-hydrogen) atoms. The Morgan fingerprint density at radius 3 is 1.91 bits per heavy atom. The van der Waals surface area contributed by atoms with Crippen LogP contribution < -0.4 is 5.73 Å². The van der Waals surface area contributed by atoms with Gasteiger partial charge in [-0.3, -0.25) is 4.52 Å². The largest absolute Gasteiger partial charge is 0.471 e. The second-order valence-corrected chi connectivity index (χ2v) is 4.57. The number of hydrogen-bond donors (Lipinski definition) is 3. The molecule has 0 aromatic rings. The van der Waals surface area contributed by atoms with Gasteiger partial charge in [-0.2, -0.15) is 0 Å². The first kappa shape index (κ1) is 11.1. The van der Waals surface area contributed by atoms with Gasteiger partial charge in [0.1, 0.15) is 6.23 Å². The lowest BCUT2D eigenvalue weighted by atomic mass is 9.95. The summed E-state index contributed by atoms with van der Waals surface area (Å²) in [6.07, 6.45) is -0.955. The standard InChI is InChI=1S/C5H14NO4P/c1-5(2,3)4(6)10-11(7,8)9/h4H,6H2,1-3H3,(H2,7,8,9). The van der Waals surface area contributed by atoms with Crippen LogP contribution in [0.15, 0.2) is 0 Å². The summed E-state index contributed by atoms with van der Waals surface area (Å²) in [6, 6.07) is 0. The van der Waals surface area contributed by atoms with E-state index < -0.39 is 19.5 Å². The van der Waals surface area contributed by atoms with Gasteiger partial charge in [0.15, 0.2) is 0 Å². The molecular weight excluding hydrogens is 169 g/mol. The predicted molar refractivity (Wildman–Crippen MR) is 40.6 cm³/mol. The Balaban J connectivity index is 4.10. The molecule has 6 heteroatoms. The normalized spacial score (nSPS) is 16.5. The van der Waals surface area contributed by atoms with E-state index in [1.165, 1.54) is 0 Å². The highest BCUT2D eigenvalue weighted by Crippen LogP contribution is 2.39. The van der Waals surface area contributed by atoms with Gasteiger partial charge in [0.2, 0.25) is 0 Å². The molecule has 68 valence electrons. The van der Waals surface area contributed by atoms with Crippen LogP contribution in [0, 0.1) is 5.41 Å². The van der Waals surface area contributed by atoms with E-state index in [1.54, 1.807) is 20.8 Å². The van der Waals surface area contributed by atoms with Crippen LogP contribution in [0.3, 0.4) is 0 Å². The second-order valence-electron chi connectivity index (χ2n) is 3.38. The smallest absolute Gasteiger partial charge is 0.305 e. The van der Waals surface area contributed by atoms with Crippen LogP contribution in [-0.2, 0) is 9.09 Å². The van der Waals surface area contributed by atoms with Crippen LogP contribution in [-0.4, -0.2) is 16.0 Å². The highest BCUT2D eigenvalue weighted by Gasteiger charge is 2.28. The third-order valence-corrected chi connectivity index (χ3v) is 1.61. The average Bonchev–Trinajstić information content (AvgIpc) is 1.56. The molecule has 1 atom stereocenters. The number of hydrogen-bond acceptors (Lipinski definition) is 3. The molecular formula is C5H14NO4P. The molecule has 1 unspecified atom stereocenters. The van der Waals surface area contributed by atoms with Gasteiger partial charge in [0, 0.05) is 5.41 Å². The lowest BCUT2D eigenvalue weighted by Crippen LogP contribution is -2.36. The van der Waals surface area contributed by atoms with Gasteiger partial charge in [-0.1, -0.05) is 20.8 Å². The summed E-state index contributed by atoms with van der Waals surface area (Å²) in [6.45, 7) is 5.19. The minimum atomic E-state index is -4.44. The van der Waals surface area contributed by atoms with Gasteiger partial charge in [-0.25, -0.2) is 4.57 Å². The Morgan fingerprint density at radius 2 is 1.82 bits per heavy atom. The highest BCUT2D eigenvalue weighted by atomic mass is 31.2. The number of phosphoric acid groups is 1. The fourth-order valence-corrected chi connectivity index (χ4v) is 0.918. The van der Waals surface area contributed by atoms with Crippen molar-refractivity contribution in [3.63, 3.8) is 0 Å². The monoisotopic (exact) mass is 183 g/mol. The fraction of sp³-hybridized carbons (Fsp3) is 1.00. The van der Waals surface area contributed by atoms with E-state index in [9.17, 15) is 4.57 Å². The van der Waals surface area contributed by atoms with Gasteiger partial charge in [0.25, 0.3) is 0 Å². The molecule has 0 aromatic heterocycles. The Labute approximate surface area is 65.8 Å². The fourth-order valence-electron chi connectivity index (χ4n) is 0.306. The van der Waals surface area contributed by atoms with Crippen LogP contribution in [0.4, 0.5) is 0 Å². The van der Waals surface area contributed by atoms with E-state index in [0.29, 0.717) is 0 Å². The minimum Gasteiger partial charge on any atom is -0.305 e. The Kier molecular flexibility index (Phi) is 3.23. The van der Waals surface area contributed by atoms with Crippen LogP contribution in [0.25, 0.3) is 0 Å². The maximum absolute atomic E-state index is 10.3. The van der Waals surface area contributed by atoms with Crippen molar-refractivity contribution in [1.29, 1.82) is 0 Å². The van der Waals surface area contributed by atoms with E-state index in [4.69, 9.17) is 15.5 Å².